The molecule has 6 heteroatoms. The molecule has 0 radical (unpaired) electrons. The second-order valence-electron chi connectivity index (χ2n) is 7.04. The van der Waals surface area contributed by atoms with Crippen LogP contribution in [-0.4, -0.2) is 33.6 Å². The number of halogens is 1. The summed E-state index contributed by atoms with van der Waals surface area (Å²) in [6, 6.07) is 6.03. The van der Waals surface area contributed by atoms with Gasteiger partial charge in [0, 0.05) is 37.9 Å². The number of piperidine rings is 1. The number of carbonyl (C=O) groups is 1. The molecule has 1 unspecified atom stereocenters. The van der Waals surface area contributed by atoms with Gasteiger partial charge in [-0.2, -0.15) is 0 Å². The third-order valence-electron chi connectivity index (χ3n) is 4.98. The first-order valence-electron chi connectivity index (χ1n) is 9.40. The van der Waals surface area contributed by atoms with Crippen LogP contribution in [0.4, 0.5) is 14.9 Å². The van der Waals surface area contributed by atoms with E-state index in [-0.39, 0.29) is 11.7 Å². The fraction of sp³-hybridized carbons (Fsp3) is 0.500. The Bertz CT molecular complexity index is 758. The average Bonchev–Trinajstić information content (AvgIpc) is 2.98. The Kier molecular flexibility index (Phi) is 5.91. The Balaban J connectivity index is 1.62. The zero-order valence-electron chi connectivity index (χ0n) is 15.5. The number of rotatable bonds is 5. The summed E-state index contributed by atoms with van der Waals surface area (Å²) in [6.07, 6.45) is 5.92. The monoisotopic (exact) mass is 358 g/mol. The van der Waals surface area contributed by atoms with E-state index in [9.17, 15) is 9.18 Å². The lowest BCUT2D eigenvalue weighted by molar-refractivity contribution is 0.176. The van der Waals surface area contributed by atoms with Crippen LogP contribution in [0.1, 0.15) is 37.7 Å². The predicted octanol–water partition coefficient (Wildman–Crippen LogP) is 4.23. The minimum Gasteiger partial charge on any atom is -0.332 e. The van der Waals surface area contributed by atoms with Crippen LogP contribution >= 0.6 is 0 Å². The van der Waals surface area contributed by atoms with Crippen LogP contribution in [0.2, 0.25) is 0 Å². The van der Waals surface area contributed by atoms with E-state index in [0.29, 0.717) is 19.0 Å². The maximum Gasteiger partial charge on any atom is 0.321 e. The van der Waals surface area contributed by atoms with Gasteiger partial charge in [0.25, 0.3) is 0 Å². The van der Waals surface area contributed by atoms with Crippen molar-refractivity contribution < 1.29 is 9.18 Å². The molecule has 1 saturated heterocycles. The number of carbonyl (C=O) groups excluding carboxylic acids is 1. The summed E-state index contributed by atoms with van der Waals surface area (Å²) in [5.41, 5.74) is 1.42. The van der Waals surface area contributed by atoms with Gasteiger partial charge in [0.1, 0.15) is 11.6 Å². The Hall–Kier alpha value is -2.37. The number of anilines is 1. The first-order valence-corrected chi connectivity index (χ1v) is 9.40. The molecule has 140 valence electrons. The number of aromatic nitrogens is 2. The first-order chi connectivity index (χ1) is 12.6. The smallest absolute Gasteiger partial charge is 0.321 e. The minimum absolute atomic E-state index is 0.229. The van der Waals surface area contributed by atoms with Gasteiger partial charge in [0.2, 0.25) is 0 Å². The van der Waals surface area contributed by atoms with E-state index < -0.39 is 5.82 Å². The van der Waals surface area contributed by atoms with E-state index >= 15 is 0 Å². The normalized spacial score (nSPS) is 17.3. The van der Waals surface area contributed by atoms with Crippen molar-refractivity contribution in [1.82, 2.24) is 14.5 Å². The van der Waals surface area contributed by atoms with Gasteiger partial charge in [0.05, 0.1) is 5.69 Å². The van der Waals surface area contributed by atoms with Gasteiger partial charge in [-0.3, -0.25) is 0 Å². The van der Waals surface area contributed by atoms with E-state index in [4.69, 9.17) is 0 Å². The molecule has 1 aromatic heterocycles. The molecule has 0 aliphatic carbocycles. The van der Waals surface area contributed by atoms with Gasteiger partial charge < -0.3 is 14.8 Å². The van der Waals surface area contributed by atoms with Gasteiger partial charge in [-0.25, -0.2) is 14.2 Å². The van der Waals surface area contributed by atoms with Crippen molar-refractivity contribution >= 4 is 11.7 Å². The molecule has 0 bridgehead atoms. The van der Waals surface area contributed by atoms with Crippen LogP contribution in [0.25, 0.3) is 0 Å². The van der Waals surface area contributed by atoms with Crippen LogP contribution in [0.3, 0.4) is 0 Å². The molecule has 1 aliphatic rings. The highest BCUT2D eigenvalue weighted by Crippen LogP contribution is 2.22. The van der Waals surface area contributed by atoms with Gasteiger partial charge in [-0.05, 0) is 44.2 Å². The fourth-order valence-corrected chi connectivity index (χ4v) is 3.63. The van der Waals surface area contributed by atoms with Gasteiger partial charge in [-0.1, -0.05) is 19.1 Å². The van der Waals surface area contributed by atoms with E-state index in [1.54, 1.807) is 23.1 Å². The number of para-hydroxylation sites is 1. The molecule has 26 heavy (non-hydrogen) atoms. The summed E-state index contributed by atoms with van der Waals surface area (Å²) in [5.74, 6) is 1.07. The van der Waals surface area contributed by atoms with Crippen LogP contribution in [0.15, 0.2) is 30.5 Å². The number of nitrogens with zero attached hydrogens (tertiary/aromatic N) is 3. The number of aryl methyl sites for hydroxylation is 1. The number of urea groups is 1. The Morgan fingerprint density at radius 3 is 2.96 bits per heavy atom. The van der Waals surface area contributed by atoms with Crippen LogP contribution < -0.4 is 5.32 Å². The van der Waals surface area contributed by atoms with Gasteiger partial charge in [0.15, 0.2) is 0 Å². The fourth-order valence-electron chi connectivity index (χ4n) is 3.63. The zero-order chi connectivity index (χ0) is 18.5. The number of imidazole rings is 1. The minimum atomic E-state index is -0.411. The highest BCUT2D eigenvalue weighted by molar-refractivity contribution is 5.89. The highest BCUT2D eigenvalue weighted by atomic mass is 19.1. The van der Waals surface area contributed by atoms with E-state index in [1.165, 1.54) is 11.8 Å². The molecule has 1 fully saturated rings. The Labute approximate surface area is 154 Å². The molecule has 0 saturated carbocycles. The maximum atomic E-state index is 13.8. The van der Waals surface area contributed by atoms with Crippen molar-refractivity contribution in [3.8, 4) is 0 Å². The van der Waals surface area contributed by atoms with Crippen molar-refractivity contribution in [3.63, 3.8) is 0 Å². The van der Waals surface area contributed by atoms with Crippen molar-refractivity contribution in [2.24, 2.45) is 5.92 Å². The lowest BCUT2D eigenvalue weighted by atomic mass is 9.94. The second-order valence-corrected chi connectivity index (χ2v) is 7.04. The van der Waals surface area contributed by atoms with Crippen molar-refractivity contribution in [2.45, 2.75) is 46.1 Å². The van der Waals surface area contributed by atoms with Gasteiger partial charge >= 0.3 is 6.03 Å². The van der Waals surface area contributed by atoms with Gasteiger partial charge in [-0.15, -0.1) is 0 Å². The Morgan fingerprint density at radius 1 is 1.38 bits per heavy atom. The first kappa shape index (κ1) is 18.4. The maximum absolute atomic E-state index is 13.8. The summed E-state index contributed by atoms with van der Waals surface area (Å²) < 4.78 is 16.0. The molecular formula is C20H27FN4O. The number of hydrogen-bond donors (Lipinski definition) is 1. The molecule has 2 aromatic rings. The van der Waals surface area contributed by atoms with E-state index in [1.807, 2.05) is 6.20 Å². The van der Waals surface area contributed by atoms with E-state index in [2.05, 4.69) is 28.7 Å². The van der Waals surface area contributed by atoms with Crippen molar-refractivity contribution in [1.29, 1.82) is 0 Å². The number of benzene rings is 1. The van der Waals surface area contributed by atoms with Crippen LogP contribution in [0.5, 0.6) is 0 Å². The molecule has 1 aliphatic heterocycles. The van der Waals surface area contributed by atoms with Crippen molar-refractivity contribution in [3.05, 3.63) is 47.8 Å². The molecular weight excluding hydrogens is 331 g/mol. The summed E-state index contributed by atoms with van der Waals surface area (Å²) in [4.78, 5) is 18.9. The van der Waals surface area contributed by atoms with Crippen LogP contribution in [-0.2, 0) is 13.0 Å². The quantitative estimate of drug-likeness (QED) is 0.870. The largest absolute Gasteiger partial charge is 0.332 e. The van der Waals surface area contributed by atoms with Crippen molar-refractivity contribution in [2.75, 3.05) is 18.4 Å². The molecule has 3 rings (SSSR count). The predicted molar refractivity (Wildman–Crippen MR) is 101 cm³/mol. The molecule has 5 nitrogen and oxygen atoms in total. The summed E-state index contributed by atoms with van der Waals surface area (Å²) in [5, 5.41) is 2.69. The summed E-state index contributed by atoms with van der Waals surface area (Å²) >= 11 is 0. The molecule has 1 aromatic carbocycles. The third kappa shape index (κ3) is 4.23. The van der Waals surface area contributed by atoms with Crippen LogP contribution in [0, 0.1) is 18.7 Å². The summed E-state index contributed by atoms with van der Waals surface area (Å²) in [7, 11) is 0. The molecule has 2 heterocycles. The third-order valence-corrected chi connectivity index (χ3v) is 4.98. The molecule has 1 atom stereocenters. The summed E-state index contributed by atoms with van der Waals surface area (Å²) in [6.45, 7) is 6.61. The topological polar surface area (TPSA) is 50.2 Å². The number of hydrogen-bond acceptors (Lipinski definition) is 2. The molecule has 1 N–H and O–H groups in total. The number of nitrogens with one attached hydrogen (secondary N) is 1. The Morgan fingerprint density at radius 2 is 2.19 bits per heavy atom. The lowest BCUT2D eigenvalue weighted by Gasteiger charge is -2.32. The highest BCUT2D eigenvalue weighted by Gasteiger charge is 2.25. The lowest BCUT2D eigenvalue weighted by Crippen LogP contribution is -2.43. The standard InChI is InChI=1S/C20H27FN4O/c1-3-10-25-15(2)13-22-19(25)12-16-7-6-11-24(14-16)20(26)23-18-9-5-4-8-17(18)21/h4-5,8-9,13,16H,3,6-7,10-12,14H2,1-2H3,(H,23,26). The van der Waals surface area contributed by atoms with E-state index in [0.717, 1.165) is 38.1 Å². The molecule has 2 amide bonds. The molecule has 0 spiro atoms. The average molecular weight is 358 g/mol. The number of likely N-dealkylation sites (tertiary alicyclic amines) is 1. The zero-order valence-corrected chi connectivity index (χ0v) is 15.5. The number of amides is 2. The SMILES string of the molecule is CCCn1c(C)cnc1CC1CCCN(C(=O)Nc2ccccc2F)C1. The second kappa shape index (κ2) is 8.34.